The summed E-state index contributed by atoms with van der Waals surface area (Å²) in [5.41, 5.74) is 0. The van der Waals surface area contributed by atoms with Gasteiger partial charge in [-0.25, -0.2) is 0 Å². The Morgan fingerprint density at radius 1 is 1.44 bits per heavy atom. The molecule has 94 valence electrons. The summed E-state index contributed by atoms with van der Waals surface area (Å²) in [5, 5.41) is 11.6. The molecule has 1 atom stereocenters. The van der Waals surface area contributed by atoms with Crippen LogP contribution in [0.1, 0.15) is 26.2 Å². The molecule has 0 aromatic carbocycles. The lowest BCUT2D eigenvalue weighted by molar-refractivity contribution is -0.137. The summed E-state index contributed by atoms with van der Waals surface area (Å²) in [6.45, 7) is 2.83. The van der Waals surface area contributed by atoms with Crippen LogP contribution in [0.25, 0.3) is 0 Å². The number of rotatable bonds is 8. The van der Waals surface area contributed by atoms with E-state index in [-0.39, 0.29) is 19.6 Å². The van der Waals surface area contributed by atoms with Crippen molar-refractivity contribution in [3.63, 3.8) is 0 Å². The first-order valence-electron chi connectivity index (χ1n) is 5.27. The highest BCUT2D eigenvalue weighted by Gasteiger charge is 2.25. The first kappa shape index (κ1) is 15.2. The zero-order chi connectivity index (χ0) is 12.4. The van der Waals surface area contributed by atoms with Crippen LogP contribution in [0.15, 0.2) is 0 Å². The van der Waals surface area contributed by atoms with Crippen LogP contribution in [0.4, 0.5) is 13.2 Å². The molecule has 6 heteroatoms. The van der Waals surface area contributed by atoms with Gasteiger partial charge in [0.1, 0.15) is 6.04 Å². The fourth-order valence-electron chi connectivity index (χ4n) is 1.04. The highest BCUT2D eigenvalue weighted by atomic mass is 19.4. The summed E-state index contributed by atoms with van der Waals surface area (Å²) in [4.78, 5) is 0. The Labute approximate surface area is 93.6 Å². The van der Waals surface area contributed by atoms with Crippen molar-refractivity contribution < 1.29 is 17.9 Å². The number of hydrogen-bond donors (Lipinski definition) is 1. The average molecular weight is 238 g/mol. The van der Waals surface area contributed by atoms with Crippen molar-refractivity contribution in [1.82, 2.24) is 5.32 Å². The Morgan fingerprint density at radius 3 is 2.62 bits per heavy atom. The van der Waals surface area contributed by atoms with Gasteiger partial charge in [-0.3, -0.25) is 0 Å². The van der Waals surface area contributed by atoms with Crippen molar-refractivity contribution in [2.45, 2.75) is 38.4 Å². The number of ether oxygens (including phenoxy) is 1. The Balaban J connectivity index is 3.46. The molecular formula is C10H17F3N2O. The topological polar surface area (TPSA) is 45.0 Å². The number of nitrogens with zero attached hydrogens (tertiary/aromatic N) is 1. The maximum atomic E-state index is 11.8. The van der Waals surface area contributed by atoms with E-state index < -0.39 is 18.6 Å². The largest absolute Gasteiger partial charge is 0.389 e. The molecule has 0 heterocycles. The quantitative estimate of drug-likeness (QED) is 0.659. The first-order valence-corrected chi connectivity index (χ1v) is 5.27. The van der Waals surface area contributed by atoms with E-state index >= 15 is 0 Å². The van der Waals surface area contributed by atoms with Crippen LogP contribution < -0.4 is 5.32 Å². The van der Waals surface area contributed by atoms with Crippen LogP contribution in [0.2, 0.25) is 0 Å². The second kappa shape index (κ2) is 8.36. The molecule has 1 unspecified atom stereocenters. The Hall–Kier alpha value is -0.800. The first-order chi connectivity index (χ1) is 7.49. The molecule has 0 aromatic rings. The summed E-state index contributed by atoms with van der Waals surface area (Å²) < 4.78 is 40.3. The SMILES string of the molecule is CCCNC(C#N)COCCCC(F)(F)F. The molecule has 3 nitrogen and oxygen atoms in total. The van der Waals surface area contributed by atoms with E-state index in [1.807, 2.05) is 13.0 Å². The molecule has 0 radical (unpaired) electrons. The molecule has 0 aliphatic rings. The van der Waals surface area contributed by atoms with Gasteiger partial charge >= 0.3 is 6.18 Å². The monoisotopic (exact) mass is 238 g/mol. The highest BCUT2D eigenvalue weighted by molar-refractivity contribution is 4.89. The van der Waals surface area contributed by atoms with Gasteiger partial charge in [-0.15, -0.1) is 0 Å². The van der Waals surface area contributed by atoms with Gasteiger partial charge in [-0.05, 0) is 19.4 Å². The number of alkyl halides is 3. The number of hydrogen-bond acceptors (Lipinski definition) is 3. The van der Waals surface area contributed by atoms with Crippen molar-refractivity contribution in [3.05, 3.63) is 0 Å². The van der Waals surface area contributed by atoms with Crippen LogP contribution in [0, 0.1) is 11.3 Å². The van der Waals surface area contributed by atoms with Crippen LogP contribution >= 0.6 is 0 Å². The Bertz CT molecular complexity index is 213. The molecule has 1 N–H and O–H groups in total. The summed E-state index contributed by atoms with van der Waals surface area (Å²) in [5.74, 6) is 0. The average Bonchev–Trinajstić information content (AvgIpc) is 2.20. The fourth-order valence-corrected chi connectivity index (χ4v) is 1.04. The molecule has 0 aliphatic carbocycles. The summed E-state index contributed by atoms with van der Waals surface area (Å²) in [6, 6.07) is 1.55. The van der Waals surface area contributed by atoms with Crippen molar-refractivity contribution >= 4 is 0 Å². The standard InChI is InChI=1S/C10H17F3N2O/c1-2-5-15-9(7-14)8-16-6-3-4-10(11,12)13/h9,15H,2-6,8H2,1H3. The van der Waals surface area contributed by atoms with Crippen LogP contribution in [0.3, 0.4) is 0 Å². The molecule has 0 saturated carbocycles. The fraction of sp³-hybridized carbons (Fsp3) is 0.900. The predicted octanol–water partition coefficient (Wildman–Crippen LogP) is 2.24. The molecule has 0 aromatic heterocycles. The maximum Gasteiger partial charge on any atom is 0.389 e. The molecule has 0 fully saturated rings. The van der Waals surface area contributed by atoms with Crippen molar-refractivity contribution in [2.24, 2.45) is 0 Å². The van der Waals surface area contributed by atoms with Crippen LogP contribution in [0.5, 0.6) is 0 Å². The smallest absolute Gasteiger partial charge is 0.379 e. The van der Waals surface area contributed by atoms with Gasteiger partial charge in [-0.1, -0.05) is 6.92 Å². The molecule has 16 heavy (non-hydrogen) atoms. The summed E-state index contributed by atoms with van der Waals surface area (Å²) >= 11 is 0. The third-order valence-corrected chi connectivity index (χ3v) is 1.83. The van der Waals surface area contributed by atoms with Crippen LogP contribution in [-0.4, -0.2) is 32.0 Å². The minimum absolute atomic E-state index is 0.0332. The number of halogens is 3. The van der Waals surface area contributed by atoms with Crippen molar-refractivity contribution in [3.8, 4) is 6.07 Å². The predicted molar refractivity (Wildman–Crippen MR) is 53.8 cm³/mol. The van der Waals surface area contributed by atoms with Crippen molar-refractivity contribution in [1.29, 1.82) is 5.26 Å². The van der Waals surface area contributed by atoms with E-state index in [0.29, 0.717) is 6.54 Å². The van der Waals surface area contributed by atoms with E-state index in [1.54, 1.807) is 0 Å². The van der Waals surface area contributed by atoms with Gasteiger partial charge < -0.3 is 10.1 Å². The Kier molecular flexibility index (Phi) is 7.95. The van der Waals surface area contributed by atoms with E-state index in [1.165, 1.54) is 0 Å². The third kappa shape index (κ3) is 9.74. The lowest BCUT2D eigenvalue weighted by atomic mass is 10.3. The number of nitrogens with one attached hydrogen (secondary N) is 1. The van der Waals surface area contributed by atoms with Gasteiger partial charge in [0.2, 0.25) is 0 Å². The highest BCUT2D eigenvalue weighted by Crippen LogP contribution is 2.20. The van der Waals surface area contributed by atoms with Crippen molar-refractivity contribution in [2.75, 3.05) is 19.8 Å². The minimum Gasteiger partial charge on any atom is -0.379 e. The maximum absolute atomic E-state index is 11.8. The Morgan fingerprint density at radius 2 is 2.12 bits per heavy atom. The molecule has 0 aliphatic heterocycles. The van der Waals surface area contributed by atoms with Gasteiger partial charge in [0.25, 0.3) is 0 Å². The molecule has 0 saturated heterocycles. The second-order valence-electron chi connectivity index (χ2n) is 3.43. The normalized spacial score (nSPS) is 13.4. The molecule has 0 rings (SSSR count). The lowest BCUT2D eigenvalue weighted by Gasteiger charge is -2.11. The third-order valence-electron chi connectivity index (χ3n) is 1.83. The van der Waals surface area contributed by atoms with E-state index in [2.05, 4.69) is 5.32 Å². The van der Waals surface area contributed by atoms with Gasteiger partial charge in [-0.2, -0.15) is 18.4 Å². The van der Waals surface area contributed by atoms with Crippen LogP contribution in [-0.2, 0) is 4.74 Å². The lowest BCUT2D eigenvalue weighted by Crippen LogP contribution is -2.32. The minimum atomic E-state index is -4.13. The van der Waals surface area contributed by atoms with Gasteiger partial charge in [0.15, 0.2) is 0 Å². The zero-order valence-corrected chi connectivity index (χ0v) is 9.31. The zero-order valence-electron chi connectivity index (χ0n) is 9.31. The van der Waals surface area contributed by atoms with E-state index in [0.717, 1.165) is 6.42 Å². The second-order valence-corrected chi connectivity index (χ2v) is 3.43. The molecule has 0 amide bonds. The van der Waals surface area contributed by atoms with Gasteiger partial charge in [0.05, 0.1) is 12.7 Å². The van der Waals surface area contributed by atoms with Gasteiger partial charge in [0, 0.05) is 13.0 Å². The number of nitriles is 1. The summed E-state index contributed by atoms with van der Waals surface area (Å²) in [6.07, 6.45) is -4.13. The molecule has 0 spiro atoms. The summed E-state index contributed by atoms with van der Waals surface area (Å²) in [7, 11) is 0. The van der Waals surface area contributed by atoms with E-state index in [4.69, 9.17) is 10.00 Å². The van der Waals surface area contributed by atoms with E-state index in [9.17, 15) is 13.2 Å². The molecule has 0 bridgehead atoms. The molecular weight excluding hydrogens is 221 g/mol.